The van der Waals surface area contributed by atoms with Gasteiger partial charge in [-0.1, -0.05) is 182 Å². The Morgan fingerprint density at radius 3 is 1.57 bits per heavy atom. The van der Waals surface area contributed by atoms with Crippen molar-refractivity contribution in [2.45, 2.75) is 0 Å². The summed E-state index contributed by atoms with van der Waals surface area (Å²) in [4.78, 5) is 0. The van der Waals surface area contributed by atoms with Gasteiger partial charge in [-0.05, 0) is 133 Å². The molecule has 0 atom stereocenters. The number of hydrogen-bond donors (Lipinski definition) is 0. The van der Waals surface area contributed by atoms with Crippen LogP contribution in [0.5, 0.6) is 0 Å². The third kappa shape index (κ3) is 4.85. The van der Waals surface area contributed by atoms with Crippen LogP contribution < -0.4 is 0 Å². The largest absolute Gasteiger partial charge is 0.0616 e. The molecule has 0 saturated carbocycles. The molecule has 0 saturated heterocycles. The van der Waals surface area contributed by atoms with Gasteiger partial charge >= 0.3 is 0 Å². The molecule has 0 heteroatoms. The quantitative estimate of drug-likeness (QED) is 0.128. The lowest BCUT2D eigenvalue weighted by Crippen LogP contribution is -1.93. The van der Waals surface area contributed by atoms with Gasteiger partial charge in [0.15, 0.2) is 0 Å². The second-order valence-corrected chi connectivity index (χ2v) is 14.4. The summed E-state index contributed by atoms with van der Waals surface area (Å²) < 4.78 is 0. The molecule has 0 spiro atoms. The minimum Gasteiger partial charge on any atom is -0.0616 e. The van der Waals surface area contributed by atoms with E-state index in [0.29, 0.717) is 0 Å². The molecule has 0 aliphatic heterocycles. The number of benzene rings is 11. The van der Waals surface area contributed by atoms with Gasteiger partial charge in [0.2, 0.25) is 0 Å². The first-order chi connectivity index (χ1) is 26.8. The van der Waals surface area contributed by atoms with Crippen molar-refractivity contribution >= 4 is 64.6 Å². The van der Waals surface area contributed by atoms with E-state index >= 15 is 0 Å². The van der Waals surface area contributed by atoms with Crippen LogP contribution in [-0.2, 0) is 0 Å². The van der Waals surface area contributed by atoms with Gasteiger partial charge in [0.1, 0.15) is 0 Å². The summed E-state index contributed by atoms with van der Waals surface area (Å²) in [5.74, 6) is 0. The van der Waals surface area contributed by atoms with Crippen LogP contribution in [0.15, 0.2) is 206 Å². The fourth-order valence-electron chi connectivity index (χ4n) is 8.91. The lowest BCUT2D eigenvalue weighted by Gasteiger charge is -2.21. The van der Waals surface area contributed by atoms with Crippen molar-refractivity contribution in [1.82, 2.24) is 0 Å². The summed E-state index contributed by atoms with van der Waals surface area (Å²) in [7, 11) is 0. The first-order valence-electron chi connectivity index (χ1n) is 18.8. The zero-order chi connectivity index (χ0) is 35.6. The molecule has 0 heterocycles. The van der Waals surface area contributed by atoms with Crippen molar-refractivity contribution in [2.24, 2.45) is 0 Å². The Balaban J connectivity index is 1.25. The molecule has 11 aromatic carbocycles. The van der Waals surface area contributed by atoms with Gasteiger partial charge in [-0.2, -0.15) is 0 Å². The van der Waals surface area contributed by atoms with Crippen molar-refractivity contribution in [2.75, 3.05) is 0 Å². The normalized spacial score (nSPS) is 11.7. The maximum atomic E-state index is 2.46. The zero-order valence-corrected chi connectivity index (χ0v) is 29.6. The molecule has 11 aromatic rings. The fourth-order valence-corrected chi connectivity index (χ4v) is 8.91. The van der Waals surface area contributed by atoms with Crippen LogP contribution in [-0.4, -0.2) is 0 Å². The molecule has 0 bridgehead atoms. The van der Waals surface area contributed by atoms with Crippen molar-refractivity contribution in [3.63, 3.8) is 0 Å². The van der Waals surface area contributed by atoms with Gasteiger partial charge < -0.3 is 0 Å². The highest BCUT2D eigenvalue weighted by atomic mass is 14.2. The van der Waals surface area contributed by atoms with Crippen LogP contribution in [0, 0.1) is 0 Å². The maximum absolute atomic E-state index is 2.46. The van der Waals surface area contributed by atoms with Gasteiger partial charge in [-0.15, -0.1) is 0 Å². The molecule has 0 radical (unpaired) electrons. The van der Waals surface area contributed by atoms with Crippen LogP contribution in [0.3, 0.4) is 0 Å². The lowest BCUT2D eigenvalue weighted by atomic mass is 9.82. The first kappa shape index (κ1) is 30.6. The predicted molar refractivity (Wildman–Crippen MR) is 233 cm³/mol. The van der Waals surface area contributed by atoms with Gasteiger partial charge in [0.05, 0.1) is 0 Å². The fraction of sp³-hybridized carbons (Fsp3) is 0. The molecule has 0 fully saturated rings. The summed E-state index contributed by atoms with van der Waals surface area (Å²) in [6.07, 6.45) is 0. The Bertz CT molecular complexity index is 3270. The molecule has 0 unspecified atom stereocenters. The summed E-state index contributed by atoms with van der Waals surface area (Å²) >= 11 is 0. The molecule has 54 heavy (non-hydrogen) atoms. The molecule has 0 nitrogen and oxygen atoms in total. The van der Waals surface area contributed by atoms with Crippen LogP contribution in [0.4, 0.5) is 0 Å². The average molecular weight is 683 g/mol. The van der Waals surface area contributed by atoms with E-state index in [0.717, 1.165) is 0 Å². The lowest BCUT2D eigenvalue weighted by molar-refractivity contribution is 1.62. The number of rotatable bonds is 4. The van der Waals surface area contributed by atoms with Gasteiger partial charge in [-0.25, -0.2) is 0 Å². The molecule has 0 amide bonds. The monoisotopic (exact) mass is 682 g/mol. The van der Waals surface area contributed by atoms with Crippen LogP contribution in [0.2, 0.25) is 0 Å². The molecule has 0 aliphatic carbocycles. The van der Waals surface area contributed by atoms with E-state index in [1.54, 1.807) is 0 Å². The first-order valence-corrected chi connectivity index (χ1v) is 18.8. The Hall–Kier alpha value is -7.02. The van der Waals surface area contributed by atoms with E-state index in [1.807, 2.05) is 0 Å². The molecule has 250 valence electrons. The third-order valence-corrected chi connectivity index (χ3v) is 11.4. The molecule has 11 rings (SSSR count). The standard InChI is InChI=1S/C54H34/c1-2-15-37-31-39(28-27-35(37)13-1)38-18-11-19-42(32-38)53-48-24-9-10-25-49(48)54(51-33-40-16-4-6-21-45(40)46-22-7-8-23-47(46)51)52-34-41(29-30-50(52)53)44-26-12-17-36-14-3-5-20-43(36)44/h1-34H. The van der Waals surface area contributed by atoms with Gasteiger partial charge in [0, 0.05) is 0 Å². The van der Waals surface area contributed by atoms with Crippen molar-refractivity contribution < 1.29 is 0 Å². The minimum atomic E-state index is 1.22. The summed E-state index contributed by atoms with van der Waals surface area (Å²) in [5, 5.41) is 15.1. The molecule has 0 aromatic heterocycles. The maximum Gasteiger partial charge on any atom is -0.00197 e. The van der Waals surface area contributed by atoms with Gasteiger partial charge in [0.25, 0.3) is 0 Å². The van der Waals surface area contributed by atoms with Crippen LogP contribution >= 0.6 is 0 Å². The summed E-state index contributed by atoms with van der Waals surface area (Å²) in [6, 6.07) is 76.3. The van der Waals surface area contributed by atoms with Gasteiger partial charge in [-0.3, -0.25) is 0 Å². The van der Waals surface area contributed by atoms with E-state index in [2.05, 4.69) is 206 Å². The summed E-state index contributed by atoms with van der Waals surface area (Å²) in [6.45, 7) is 0. The number of fused-ring (bicyclic) bond motifs is 7. The van der Waals surface area contributed by atoms with E-state index in [1.165, 1.54) is 109 Å². The molecular formula is C54H34. The smallest absolute Gasteiger partial charge is 0.00197 e. The van der Waals surface area contributed by atoms with E-state index < -0.39 is 0 Å². The van der Waals surface area contributed by atoms with Crippen LogP contribution in [0.1, 0.15) is 0 Å². The Morgan fingerprint density at radius 1 is 0.185 bits per heavy atom. The third-order valence-electron chi connectivity index (χ3n) is 11.4. The van der Waals surface area contributed by atoms with Crippen LogP contribution in [0.25, 0.3) is 109 Å². The SMILES string of the molecule is c1cc(-c2ccc3ccccc3c2)cc(-c2c3ccccc3c(-c3cc4ccccc4c4ccccc34)c3cc(-c4cccc5ccccc45)ccc23)c1. The highest BCUT2D eigenvalue weighted by Gasteiger charge is 2.20. The van der Waals surface area contributed by atoms with E-state index in [4.69, 9.17) is 0 Å². The Kier molecular flexibility index (Phi) is 6.97. The van der Waals surface area contributed by atoms with Crippen molar-refractivity contribution in [1.29, 1.82) is 0 Å². The Morgan fingerprint density at radius 2 is 0.741 bits per heavy atom. The van der Waals surface area contributed by atoms with Crippen molar-refractivity contribution in [3.05, 3.63) is 206 Å². The number of hydrogen-bond acceptors (Lipinski definition) is 0. The molecular weight excluding hydrogens is 649 g/mol. The van der Waals surface area contributed by atoms with E-state index in [9.17, 15) is 0 Å². The van der Waals surface area contributed by atoms with E-state index in [-0.39, 0.29) is 0 Å². The molecule has 0 aliphatic rings. The Labute approximate surface area is 314 Å². The van der Waals surface area contributed by atoms with Crippen molar-refractivity contribution in [3.8, 4) is 44.5 Å². The molecule has 0 N–H and O–H groups in total. The highest BCUT2D eigenvalue weighted by molar-refractivity contribution is 6.26. The average Bonchev–Trinajstić information content (AvgIpc) is 3.25. The second kappa shape index (κ2) is 12.3. The summed E-state index contributed by atoms with van der Waals surface area (Å²) in [5.41, 5.74) is 9.93. The second-order valence-electron chi connectivity index (χ2n) is 14.4. The zero-order valence-electron chi connectivity index (χ0n) is 29.6. The topological polar surface area (TPSA) is 0 Å². The predicted octanol–water partition coefficient (Wildman–Crippen LogP) is 15.3. The highest BCUT2D eigenvalue weighted by Crippen LogP contribution is 2.48. The minimum absolute atomic E-state index is 1.22.